The van der Waals surface area contributed by atoms with E-state index in [0.29, 0.717) is 12.0 Å². The lowest BCUT2D eigenvalue weighted by atomic mass is 9.59. The number of carbonyl (C=O) groups is 1. The standard InChI is InChI=1S/C20H28N2O/c1-13-18-11-15-6-7-16(19(23)21-3)10-17(15)20(13,2)8-9-22(18)12-14-4-5-14/h6-7,10,13-14,18H,4-5,8-9,11-12H2,1-3H3,(H,21,23)/t13-,18+,20+/m0/s1. The highest BCUT2D eigenvalue weighted by atomic mass is 16.1. The molecule has 3 heteroatoms. The first-order valence-electron chi connectivity index (χ1n) is 9.12. The SMILES string of the molecule is CNC(=O)c1ccc2c(c1)[C@]1(C)CCN(CC3CC3)[C@H](C2)[C@@H]1C. The highest BCUT2D eigenvalue weighted by Crippen LogP contribution is 2.49. The van der Waals surface area contributed by atoms with E-state index in [-0.39, 0.29) is 11.3 Å². The van der Waals surface area contributed by atoms with Gasteiger partial charge < -0.3 is 5.32 Å². The van der Waals surface area contributed by atoms with Crippen LogP contribution >= 0.6 is 0 Å². The molecule has 4 rings (SSSR count). The number of rotatable bonds is 3. The summed E-state index contributed by atoms with van der Waals surface area (Å²) in [6, 6.07) is 7.04. The minimum atomic E-state index is 0.0253. The molecule has 3 nitrogen and oxygen atoms in total. The molecular formula is C20H28N2O. The third kappa shape index (κ3) is 2.40. The summed E-state index contributed by atoms with van der Waals surface area (Å²) in [4.78, 5) is 14.8. The molecule has 2 aliphatic carbocycles. The van der Waals surface area contributed by atoms with Crippen molar-refractivity contribution in [1.29, 1.82) is 0 Å². The van der Waals surface area contributed by atoms with E-state index < -0.39 is 0 Å². The molecule has 23 heavy (non-hydrogen) atoms. The van der Waals surface area contributed by atoms with Crippen LogP contribution in [0.15, 0.2) is 18.2 Å². The molecule has 2 bridgehead atoms. The van der Waals surface area contributed by atoms with Crippen molar-refractivity contribution < 1.29 is 4.79 Å². The van der Waals surface area contributed by atoms with E-state index in [1.54, 1.807) is 7.05 Å². The van der Waals surface area contributed by atoms with Gasteiger partial charge in [-0.3, -0.25) is 9.69 Å². The molecular weight excluding hydrogens is 284 g/mol. The molecule has 3 aliphatic rings. The van der Waals surface area contributed by atoms with Crippen molar-refractivity contribution in [2.75, 3.05) is 20.1 Å². The van der Waals surface area contributed by atoms with Gasteiger partial charge in [0.2, 0.25) is 0 Å². The molecule has 0 radical (unpaired) electrons. The maximum Gasteiger partial charge on any atom is 0.251 e. The Bertz CT molecular complexity index is 637. The van der Waals surface area contributed by atoms with E-state index in [4.69, 9.17) is 0 Å². The number of fused-ring (bicyclic) bond motifs is 4. The second-order valence-electron chi connectivity index (χ2n) is 8.12. The fraction of sp³-hybridized carbons (Fsp3) is 0.650. The first-order chi connectivity index (χ1) is 11.0. The molecule has 0 aromatic heterocycles. The summed E-state index contributed by atoms with van der Waals surface area (Å²) in [5, 5.41) is 2.76. The van der Waals surface area contributed by atoms with Gasteiger partial charge in [0, 0.05) is 25.2 Å². The molecule has 1 saturated carbocycles. The van der Waals surface area contributed by atoms with Crippen LogP contribution in [0, 0.1) is 11.8 Å². The first kappa shape index (κ1) is 15.2. The minimum Gasteiger partial charge on any atom is -0.355 e. The monoisotopic (exact) mass is 312 g/mol. The predicted octanol–water partition coefficient (Wildman–Crippen LogP) is 2.98. The zero-order chi connectivity index (χ0) is 16.2. The molecule has 0 spiro atoms. The van der Waals surface area contributed by atoms with Crippen LogP contribution in [0.4, 0.5) is 0 Å². The Morgan fingerprint density at radius 3 is 2.87 bits per heavy atom. The lowest BCUT2D eigenvalue weighted by molar-refractivity contribution is 0.0284. The zero-order valence-electron chi connectivity index (χ0n) is 14.6. The molecule has 1 aliphatic heterocycles. The van der Waals surface area contributed by atoms with Crippen LogP contribution in [0.1, 0.15) is 54.6 Å². The average molecular weight is 312 g/mol. The Kier molecular flexibility index (Phi) is 3.53. The van der Waals surface area contributed by atoms with E-state index in [1.165, 1.54) is 43.5 Å². The van der Waals surface area contributed by atoms with E-state index in [0.717, 1.165) is 17.9 Å². The van der Waals surface area contributed by atoms with Gasteiger partial charge in [-0.2, -0.15) is 0 Å². The summed E-state index contributed by atoms with van der Waals surface area (Å²) in [7, 11) is 1.71. The number of amides is 1. The van der Waals surface area contributed by atoms with Crippen molar-refractivity contribution in [3.8, 4) is 0 Å². The van der Waals surface area contributed by atoms with Gasteiger partial charge in [-0.1, -0.05) is 19.9 Å². The Labute approximate surface area is 139 Å². The van der Waals surface area contributed by atoms with Crippen molar-refractivity contribution >= 4 is 5.91 Å². The van der Waals surface area contributed by atoms with Crippen LogP contribution in [-0.4, -0.2) is 37.0 Å². The summed E-state index contributed by atoms with van der Waals surface area (Å²) < 4.78 is 0. The number of hydrogen-bond donors (Lipinski definition) is 1. The van der Waals surface area contributed by atoms with Gasteiger partial charge in [0.15, 0.2) is 0 Å². The Balaban J connectivity index is 1.70. The van der Waals surface area contributed by atoms with Crippen molar-refractivity contribution in [3.63, 3.8) is 0 Å². The second-order valence-corrected chi connectivity index (χ2v) is 8.12. The summed E-state index contributed by atoms with van der Waals surface area (Å²) in [6.07, 6.45) is 5.22. The highest BCUT2D eigenvalue weighted by molar-refractivity contribution is 5.94. The summed E-state index contributed by atoms with van der Waals surface area (Å²) in [6.45, 7) is 7.37. The molecule has 1 aromatic rings. The summed E-state index contributed by atoms with van der Waals surface area (Å²) in [5.41, 5.74) is 3.90. The van der Waals surface area contributed by atoms with Crippen molar-refractivity contribution in [2.45, 2.75) is 51.0 Å². The van der Waals surface area contributed by atoms with Gasteiger partial charge in [0.25, 0.3) is 5.91 Å². The maximum atomic E-state index is 12.0. The van der Waals surface area contributed by atoms with Gasteiger partial charge in [-0.05, 0) is 72.7 Å². The van der Waals surface area contributed by atoms with Crippen molar-refractivity contribution in [3.05, 3.63) is 34.9 Å². The van der Waals surface area contributed by atoms with Crippen LogP contribution in [0.25, 0.3) is 0 Å². The lowest BCUT2D eigenvalue weighted by Crippen LogP contribution is -2.58. The fourth-order valence-electron chi connectivity index (χ4n) is 4.85. The molecule has 1 aromatic carbocycles. The zero-order valence-corrected chi connectivity index (χ0v) is 14.6. The smallest absolute Gasteiger partial charge is 0.251 e. The normalized spacial score (nSPS) is 33.2. The van der Waals surface area contributed by atoms with Gasteiger partial charge >= 0.3 is 0 Å². The quantitative estimate of drug-likeness (QED) is 0.930. The van der Waals surface area contributed by atoms with Crippen molar-refractivity contribution in [2.24, 2.45) is 11.8 Å². The summed E-state index contributed by atoms with van der Waals surface area (Å²) in [5.74, 6) is 1.64. The third-order valence-electron chi connectivity index (χ3n) is 6.80. The number of hydrogen-bond acceptors (Lipinski definition) is 2. The molecule has 124 valence electrons. The largest absolute Gasteiger partial charge is 0.355 e. The predicted molar refractivity (Wildman–Crippen MR) is 92.8 cm³/mol. The van der Waals surface area contributed by atoms with E-state index in [9.17, 15) is 4.79 Å². The van der Waals surface area contributed by atoms with E-state index in [2.05, 4.69) is 36.2 Å². The number of piperidine rings is 1. The first-order valence-corrected chi connectivity index (χ1v) is 9.12. The van der Waals surface area contributed by atoms with Crippen LogP contribution in [0.5, 0.6) is 0 Å². The Hall–Kier alpha value is -1.35. The molecule has 3 atom stereocenters. The fourth-order valence-corrected chi connectivity index (χ4v) is 4.85. The van der Waals surface area contributed by atoms with Gasteiger partial charge in [-0.25, -0.2) is 0 Å². The second kappa shape index (κ2) is 5.34. The van der Waals surface area contributed by atoms with Crippen LogP contribution in [-0.2, 0) is 11.8 Å². The van der Waals surface area contributed by atoms with E-state index in [1.807, 2.05) is 6.07 Å². The molecule has 2 fully saturated rings. The van der Waals surface area contributed by atoms with Crippen LogP contribution < -0.4 is 5.32 Å². The summed E-state index contributed by atoms with van der Waals surface area (Å²) >= 11 is 0. The highest BCUT2D eigenvalue weighted by Gasteiger charge is 2.49. The van der Waals surface area contributed by atoms with Gasteiger partial charge in [0.1, 0.15) is 0 Å². The van der Waals surface area contributed by atoms with Crippen LogP contribution in [0.3, 0.4) is 0 Å². The van der Waals surface area contributed by atoms with E-state index >= 15 is 0 Å². The van der Waals surface area contributed by atoms with Crippen LogP contribution in [0.2, 0.25) is 0 Å². The minimum absolute atomic E-state index is 0.0253. The van der Waals surface area contributed by atoms with Gasteiger partial charge in [0.05, 0.1) is 0 Å². The number of nitrogens with zero attached hydrogens (tertiary/aromatic N) is 1. The number of carbonyl (C=O) groups excluding carboxylic acids is 1. The maximum absolute atomic E-state index is 12.0. The molecule has 1 saturated heterocycles. The Morgan fingerprint density at radius 1 is 1.39 bits per heavy atom. The molecule has 0 unspecified atom stereocenters. The lowest BCUT2D eigenvalue weighted by Gasteiger charge is -2.55. The number of benzene rings is 1. The molecule has 1 heterocycles. The number of nitrogens with one attached hydrogen (secondary N) is 1. The molecule has 1 N–H and O–H groups in total. The Morgan fingerprint density at radius 2 is 2.17 bits per heavy atom. The average Bonchev–Trinajstić information content (AvgIpc) is 3.36. The number of likely N-dealkylation sites (tertiary alicyclic amines) is 1. The molecule has 1 amide bonds. The van der Waals surface area contributed by atoms with Gasteiger partial charge in [-0.15, -0.1) is 0 Å². The van der Waals surface area contributed by atoms with Crippen molar-refractivity contribution in [1.82, 2.24) is 10.2 Å². The topological polar surface area (TPSA) is 32.3 Å². The third-order valence-corrected chi connectivity index (χ3v) is 6.80.